The van der Waals surface area contributed by atoms with E-state index in [0.29, 0.717) is 47.3 Å². The van der Waals surface area contributed by atoms with Crippen molar-refractivity contribution in [2.24, 2.45) is 0 Å². The Morgan fingerprint density at radius 1 is 0.254 bits per heavy atom. The van der Waals surface area contributed by atoms with Crippen LogP contribution in [0.15, 0.2) is 109 Å². The van der Waals surface area contributed by atoms with E-state index in [-0.39, 0.29) is 0 Å². The number of hydrogen-bond acceptors (Lipinski definition) is 1. The fourth-order valence-electron chi connectivity index (χ4n) is 9.73. The molecule has 6 rings (SSSR count). The summed E-state index contributed by atoms with van der Waals surface area (Å²) >= 11 is -2.23. The molecule has 328 valence electrons. The van der Waals surface area contributed by atoms with Gasteiger partial charge in [-0.15, -0.1) is 0 Å². The summed E-state index contributed by atoms with van der Waals surface area (Å²) in [6.45, 7) is 37.7. The summed E-state index contributed by atoms with van der Waals surface area (Å²) in [5, 5.41) is 0. The summed E-state index contributed by atoms with van der Waals surface area (Å²) in [5.74, 6) is 3.12. The Kier molecular flexibility index (Phi) is 16.4. The first-order valence-corrected chi connectivity index (χ1v) is 27.7. The van der Waals surface area contributed by atoms with Crippen molar-refractivity contribution < 1.29 is 2.79 Å². The van der Waals surface area contributed by atoms with Crippen LogP contribution in [0.25, 0.3) is 44.5 Å². The van der Waals surface area contributed by atoms with Crippen LogP contribution in [0, 0.1) is 0 Å². The first-order valence-electron chi connectivity index (χ1n) is 23.9. The summed E-state index contributed by atoms with van der Waals surface area (Å²) in [6, 6.07) is 42.5. The SMILES string of the molecule is CC(C)c1cccc(C(C)C)c1-c1cccc(-c2c(C(C)C)cccc2C(C)C)[c]1[Ge][O][Ge][c]1c(-c2c(C(C)C)cccc2C(C)C)cccc1-c1c(C(C)C)cccc1C(C)C. The van der Waals surface area contributed by atoms with E-state index in [9.17, 15) is 0 Å². The Morgan fingerprint density at radius 2 is 0.413 bits per heavy atom. The molecule has 0 bridgehead atoms. The molecule has 0 aliphatic heterocycles. The molecule has 0 atom stereocenters. The molecule has 6 aromatic carbocycles. The van der Waals surface area contributed by atoms with Crippen molar-refractivity contribution in [3.8, 4) is 44.5 Å². The average Bonchev–Trinajstić information content (AvgIpc) is 3.25. The molecule has 0 saturated carbocycles. The molecule has 0 fully saturated rings. The molecular formula is C60H74Ge2O. The van der Waals surface area contributed by atoms with E-state index in [4.69, 9.17) is 2.79 Å². The van der Waals surface area contributed by atoms with Crippen LogP contribution in [0.1, 0.15) is 203 Å². The van der Waals surface area contributed by atoms with Gasteiger partial charge >= 0.3 is 399 Å². The minimum absolute atomic E-state index is 0.389. The molecule has 4 radical (unpaired) electrons. The zero-order chi connectivity index (χ0) is 45.9. The van der Waals surface area contributed by atoms with Gasteiger partial charge in [0.25, 0.3) is 0 Å². The Morgan fingerprint density at radius 3 is 0.571 bits per heavy atom. The van der Waals surface area contributed by atoms with Gasteiger partial charge in [0.1, 0.15) is 0 Å². The van der Waals surface area contributed by atoms with Crippen LogP contribution >= 0.6 is 0 Å². The summed E-state index contributed by atoms with van der Waals surface area (Å²) in [6.07, 6.45) is 0. The molecule has 0 heterocycles. The third kappa shape index (κ3) is 10.3. The standard InChI is InChI=1S/C60H74Ge2O/c1-35(2)43-23-17-24-44(36(3)4)55(43)51-31-21-32-52(56-45(37(5)6)25-18-26-46(56)38(7)8)59(51)61-63-62-60-53(57-47(39(9)10)27-19-28-48(57)40(11)12)33-22-34-54(60)58-49(41(13)14)29-20-30-50(58)42(15)16/h17-42H,1-16H3. The van der Waals surface area contributed by atoms with Crippen LogP contribution in [0.2, 0.25) is 0 Å². The second kappa shape index (κ2) is 21.1. The topological polar surface area (TPSA) is 9.23 Å². The molecule has 0 aromatic heterocycles. The van der Waals surface area contributed by atoms with Gasteiger partial charge in [0.2, 0.25) is 0 Å². The van der Waals surface area contributed by atoms with Gasteiger partial charge in [0.05, 0.1) is 0 Å². The van der Waals surface area contributed by atoms with Gasteiger partial charge in [0.15, 0.2) is 0 Å². The predicted molar refractivity (Wildman–Crippen MR) is 279 cm³/mol. The van der Waals surface area contributed by atoms with Gasteiger partial charge in [-0.3, -0.25) is 0 Å². The number of rotatable bonds is 16. The molecule has 0 aliphatic rings. The van der Waals surface area contributed by atoms with Crippen molar-refractivity contribution in [3.63, 3.8) is 0 Å². The normalized spacial score (nSPS) is 12.2. The van der Waals surface area contributed by atoms with Crippen molar-refractivity contribution >= 4 is 40.3 Å². The molecule has 6 aromatic rings. The molecule has 3 heteroatoms. The first-order chi connectivity index (χ1) is 30.0. The van der Waals surface area contributed by atoms with E-state index in [1.54, 1.807) is 0 Å². The van der Waals surface area contributed by atoms with E-state index in [1.807, 2.05) is 0 Å². The summed E-state index contributed by atoms with van der Waals surface area (Å²) in [4.78, 5) is 0. The van der Waals surface area contributed by atoms with Crippen LogP contribution in [-0.2, 0) is 2.79 Å². The van der Waals surface area contributed by atoms with Crippen molar-refractivity contribution in [1.29, 1.82) is 0 Å². The van der Waals surface area contributed by atoms with Crippen LogP contribution in [0.4, 0.5) is 0 Å². The Balaban J connectivity index is 1.67. The molecular weight excluding hydrogens is 882 g/mol. The van der Waals surface area contributed by atoms with Crippen LogP contribution in [-0.4, -0.2) is 31.5 Å². The molecule has 0 N–H and O–H groups in total. The zero-order valence-corrected chi connectivity index (χ0v) is 45.6. The maximum absolute atomic E-state index is 7.71. The van der Waals surface area contributed by atoms with Gasteiger partial charge in [-0.2, -0.15) is 0 Å². The third-order valence-corrected chi connectivity index (χ3v) is 18.8. The van der Waals surface area contributed by atoms with Crippen molar-refractivity contribution in [2.75, 3.05) is 0 Å². The van der Waals surface area contributed by atoms with Gasteiger partial charge in [-0.05, 0) is 0 Å². The Bertz CT molecular complexity index is 2070. The minimum atomic E-state index is -1.12. The number of hydrogen-bond donors (Lipinski definition) is 0. The maximum atomic E-state index is 7.71. The summed E-state index contributed by atoms with van der Waals surface area (Å²) in [7, 11) is 0. The second-order valence-corrected chi connectivity index (χ2v) is 25.9. The molecule has 0 spiro atoms. The van der Waals surface area contributed by atoms with Crippen molar-refractivity contribution in [2.45, 2.75) is 158 Å². The molecule has 0 unspecified atom stereocenters. The molecule has 0 saturated heterocycles. The fourth-order valence-corrected chi connectivity index (χ4v) is 15.7. The van der Waals surface area contributed by atoms with Crippen molar-refractivity contribution in [3.05, 3.63) is 154 Å². The Hall–Kier alpha value is -3.63. The van der Waals surface area contributed by atoms with Gasteiger partial charge in [0, 0.05) is 0 Å². The second-order valence-electron chi connectivity index (χ2n) is 20.2. The van der Waals surface area contributed by atoms with E-state index < -0.39 is 31.5 Å². The zero-order valence-electron chi connectivity index (χ0n) is 41.4. The van der Waals surface area contributed by atoms with Crippen molar-refractivity contribution in [1.82, 2.24) is 0 Å². The Labute approximate surface area is 396 Å². The van der Waals surface area contributed by atoms with E-state index in [2.05, 4.69) is 220 Å². The molecule has 0 aliphatic carbocycles. The predicted octanol–water partition coefficient (Wildman–Crippen LogP) is 16.5. The van der Waals surface area contributed by atoms with E-state index >= 15 is 0 Å². The first kappa shape index (κ1) is 48.8. The quantitative estimate of drug-likeness (QED) is 0.0879. The third-order valence-electron chi connectivity index (χ3n) is 13.0. The molecule has 1 nitrogen and oxygen atoms in total. The van der Waals surface area contributed by atoms with Crippen LogP contribution in [0.3, 0.4) is 0 Å². The summed E-state index contributed by atoms with van der Waals surface area (Å²) in [5.41, 5.74) is 22.5. The fraction of sp³-hybridized carbons (Fsp3) is 0.400. The molecule has 63 heavy (non-hydrogen) atoms. The van der Waals surface area contributed by atoms with Crippen LogP contribution < -0.4 is 8.79 Å². The van der Waals surface area contributed by atoms with E-state index in [0.717, 1.165) is 0 Å². The van der Waals surface area contributed by atoms with Crippen LogP contribution in [0.5, 0.6) is 0 Å². The average molecular weight is 956 g/mol. The number of benzene rings is 6. The molecule has 0 amide bonds. The summed E-state index contributed by atoms with van der Waals surface area (Å²) < 4.78 is 10.6. The monoisotopic (exact) mass is 958 g/mol. The van der Waals surface area contributed by atoms with E-state index in [1.165, 1.54) is 97.8 Å². The van der Waals surface area contributed by atoms with Gasteiger partial charge in [-0.1, -0.05) is 0 Å². The van der Waals surface area contributed by atoms with Gasteiger partial charge < -0.3 is 0 Å². The van der Waals surface area contributed by atoms with Gasteiger partial charge in [-0.25, -0.2) is 0 Å².